The first kappa shape index (κ1) is 27.3. The van der Waals surface area contributed by atoms with Crippen LogP contribution in [0.5, 0.6) is 0 Å². The van der Waals surface area contributed by atoms with Crippen LogP contribution in [0.25, 0.3) is 22.0 Å². The van der Waals surface area contributed by atoms with E-state index in [4.69, 9.17) is 21.1 Å². The molecule has 1 aromatic heterocycles. The van der Waals surface area contributed by atoms with Gasteiger partial charge in [-0.3, -0.25) is 4.57 Å². The fraction of sp³-hybridized carbons (Fsp3) is 0.258. The van der Waals surface area contributed by atoms with E-state index in [-0.39, 0.29) is 18.9 Å². The first-order chi connectivity index (χ1) is 19.0. The third-order valence-corrected chi connectivity index (χ3v) is 7.11. The monoisotopic (exact) mass is 560 g/mol. The number of para-hydroxylation sites is 1. The number of carbonyl (C=O) groups is 3. The standard InChI is InChI=1S/C31H29ClN2O6/c1-31(2,3)40-30(38)34-16-18(19-13-8-14-25(32)27(19)34)15-26(28(35)36)33-29(37)39-17-24-22-11-6-4-9-20(22)21-10-5-7-12-23(21)24/h4-14,16,24,26H,15,17H2,1-3H3,(H,33,37)(H,35,36)/t26-/m0/s1. The lowest BCUT2D eigenvalue weighted by atomic mass is 9.98. The molecule has 5 rings (SSSR count). The van der Waals surface area contributed by atoms with Crippen molar-refractivity contribution in [1.82, 2.24) is 9.88 Å². The minimum atomic E-state index is -1.31. The zero-order chi connectivity index (χ0) is 28.6. The Kier molecular flexibility index (Phi) is 7.29. The molecule has 0 saturated heterocycles. The molecule has 0 fully saturated rings. The van der Waals surface area contributed by atoms with Crippen LogP contribution in [0.4, 0.5) is 9.59 Å². The molecular weight excluding hydrogens is 532 g/mol. The number of benzene rings is 3. The van der Waals surface area contributed by atoms with Crippen LogP contribution < -0.4 is 5.32 Å². The summed E-state index contributed by atoms with van der Waals surface area (Å²) in [6, 6.07) is 19.7. The minimum Gasteiger partial charge on any atom is -0.480 e. The van der Waals surface area contributed by atoms with Crippen molar-refractivity contribution in [1.29, 1.82) is 0 Å². The van der Waals surface area contributed by atoms with Gasteiger partial charge in [0.05, 0.1) is 10.5 Å². The molecule has 1 aliphatic rings. The second-order valence-electron chi connectivity index (χ2n) is 10.7. The van der Waals surface area contributed by atoms with Gasteiger partial charge in [-0.2, -0.15) is 0 Å². The molecular formula is C31H29ClN2O6. The summed E-state index contributed by atoms with van der Waals surface area (Å²) in [6.07, 6.45) is -0.0945. The molecule has 9 heteroatoms. The first-order valence-electron chi connectivity index (χ1n) is 12.9. The van der Waals surface area contributed by atoms with E-state index in [1.807, 2.05) is 48.5 Å². The highest BCUT2D eigenvalue weighted by Crippen LogP contribution is 2.44. The highest BCUT2D eigenvalue weighted by atomic mass is 35.5. The second kappa shape index (κ2) is 10.7. The Hall–Kier alpha value is -4.30. The van der Waals surface area contributed by atoms with E-state index in [0.29, 0.717) is 21.5 Å². The maximum absolute atomic E-state index is 12.9. The number of hydrogen-bond donors (Lipinski definition) is 2. The molecule has 40 heavy (non-hydrogen) atoms. The van der Waals surface area contributed by atoms with E-state index in [9.17, 15) is 19.5 Å². The van der Waals surface area contributed by atoms with E-state index < -0.39 is 29.8 Å². The Morgan fingerprint density at radius 2 is 1.60 bits per heavy atom. The Bertz CT molecular complexity index is 1570. The first-order valence-corrected chi connectivity index (χ1v) is 13.3. The van der Waals surface area contributed by atoms with Gasteiger partial charge in [0.25, 0.3) is 0 Å². The van der Waals surface area contributed by atoms with Crippen LogP contribution in [0.15, 0.2) is 72.9 Å². The third-order valence-electron chi connectivity index (χ3n) is 6.81. The van der Waals surface area contributed by atoms with E-state index in [1.54, 1.807) is 39.0 Å². The van der Waals surface area contributed by atoms with Gasteiger partial charge < -0.3 is 19.9 Å². The number of hydrogen-bond acceptors (Lipinski definition) is 5. The van der Waals surface area contributed by atoms with Crippen molar-refractivity contribution in [3.63, 3.8) is 0 Å². The van der Waals surface area contributed by atoms with Gasteiger partial charge in [-0.25, -0.2) is 14.4 Å². The average Bonchev–Trinajstić information content (AvgIpc) is 3.43. The largest absolute Gasteiger partial charge is 0.480 e. The van der Waals surface area contributed by atoms with Crippen molar-refractivity contribution < 1.29 is 29.0 Å². The molecule has 0 aliphatic heterocycles. The highest BCUT2D eigenvalue weighted by molar-refractivity contribution is 6.35. The predicted octanol–water partition coefficient (Wildman–Crippen LogP) is 6.61. The zero-order valence-corrected chi connectivity index (χ0v) is 23.1. The van der Waals surface area contributed by atoms with Gasteiger partial charge in [-0.15, -0.1) is 0 Å². The van der Waals surface area contributed by atoms with Crippen LogP contribution in [0.3, 0.4) is 0 Å². The number of carboxylic acids is 1. The lowest BCUT2D eigenvalue weighted by Gasteiger charge is -2.20. The molecule has 206 valence electrons. The molecule has 0 spiro atoms. The number of halogens is 1. The molecule has 4 aromatic rings. The van der Waals surface area contributed by atoms with E-state index >= 15 is 0 Å². The van der Waals surface area contributed by atoms with Gasteiger partial charge >= 0.3 is 18.2 Å². The molecule has 0 saturated carbocycles. The number of amides is 1. The van der Waals surface area contributed by atoms with Gasteiger partial charge in [-0.05, 0) is 54.7 Å². The fourth-order valence-electron chi connectivity index (χ4n) is 5.13. The molecule has 0 bridgehead atoms. The normalized spacial score (nSPS) is 13.4. The molecule has 1 atom stereocenters. The molecule has 1 amide bonds. The van der Waals surface area contributed by atoms with Crippen LogP contribution in [-0.4, -0.2) is 46.1 Å². The number of fused-ring (bicyclic) bond motifs is 4. The van der Waals surface area contributed by atoms with Crippen LogP contribution in [-0.2, 0) is 20.7 Å². The number of aliphatic carboxylic acids is 1. The minimum absolute atomic E-state index is 0.0553. The van der Waals surface area contributed by atoms with Crippen molar-refractivity contribution in [2.75, 3.05) is 6.61 Å². The van der Waals surface area contributed by atoms with Crippen LogP contribution in [0.1, 0.15) is 43.4 Å². The summed E-state index contributed by atoms with van der Waals surface area (Å²) < 4.78 is 12.3. The zero-order valence-electron chi connectivity index (χ0n) is 22.3. The summed E-state index contributed by atoms with van der Waals surface area (Å²) in [4.78, 5) is 37.9. The molecule has 8 nitrogen and oxygen atoms in total. The molecule has 3 aromatic carbocycles. The van der Waals surface area contributed by atoms with Gasteiger partial charge in [0, 0.05) is 23.9 Å². The van der Waals surface area contributed by atoms with Crippen LogP contribution >= 0.6 is 11.6 Å². The Morgan fingerprint density at radius 1 is 0.975 bits per heavy atom. The van der Waals surface area contributed by atoms with Crippen LogP contribution in [0.2, 0.25) is 5.02 Å². The lowest BCUT2D eigenvalue weighted by molar-refractivity contribution is -0.139. The number of aromatic nitrogens is 1. The molecule has 0 unspecified atom stereocenters. The summed E-state index contributed by atoms with van der Waals surface area (Å²) in [5.74, 6) is -1.40. The van der Waals surface area contributed by atoms with Crippen molar-refractivity contribution in [2.45, 2.75) is 44.8 Å². The fourth-order valence-corrected chi connectivity index (χ4v) is 5.39. The summed E-state index contributed by atoms with van der Waals surface area (Å²) in [7, 11) is 0. The smallest absolute Gasteiger partial charge is 0.419 e. The van der Waals surface area contributed by atoms with E-state index in [2.05, 4.69) is 5.32 Å². The second-order valence-corrected chi connectivity index (χ2v) is 11.1. The number of carboxylic acid groups (broad SMARTS) is 1. The Labute approximate surface area is 236 Å². The SMILES string of the molecule is CC(C)(C)OC(=O)n1cc(C[C@H](NC(=O)OCC2c3ccccc3-c3ccccc32)C(=O)O)c2cccc(Cl)c21. The summed E-state index contributed by atoms with van der Waals surface area (Å²) >= 11 is 6.41. The van der Waals surface area contributed by atoms with E-state index in [0.717, 1.165) is 22.3 Å². The van der Waals surface area contributed by atoms with Gasteiger partial charge in [0.2, 0.25) is 0 Å². The van der Waals surface area contributed by atoms with Crippen molar-refractivity contribution in [3.05, 3.63) is 94.6 Å². The van der Waals surface area contributed by atoms with Crippen LogP contribution in [0, 0.1) is 0 Å². The highest BCUT2D eigenvalue weighted by Gasteiger charge is 2.30. The Morgan fingerprint density at radius 3 is 2.20 bits per heavy atom. The maximum atomic E-state index is 12.9. The van der Waals surface area contributed by atoms with Crippen molar-refractivity contribution in [3.8, 4) is 11.1 Å². The number of ether oxygens (including phenoxy) is 2. The molecule has 1 heterocycles. The summed E-state index contributed by atoms with van der Waals surface area (Å²) in [6.45, 7) is 5.30. The topological polar surface area (TPSA) is 107 Å². The Balaban J connectivity index is 1.33. The summed E-state index contributed by atoms with van der Waals surface area (Å²) in [5.41, 5.74) is 4.46. The van der Waals surface area contributed by atoms with Gasteiger partial charge in [0.15, 0.2) is 0 Å². The maximum Gasteiger partial charge on any atom is 0.419 e. The number of carbonyl (C=O) groups excluding carboxylic acids is 2. The number of nitrogens with zero attached hydrogens (tertiary/aromatic N) is 1. The summed E-state index contributed by atoms with van der Waals surface area (Å²) in [5, 5.41) is 13.3. The van der Waals surface area contributed by atoms with Crippen molar-refractivity contribution >= 4 is 40.7 Å². The predicted molar refractivity (Wildman–Crippen MR) is 152 cm³/mol. The molecule has 0 radical (unpaired) electrons. The molecule has 1 aliphatic carbocycles. The quantitative estimate of drug-likeness (QED) is 0.275. The number of nitrogens with one attached hydrogen (secondary N) is 1. The van der Waals surface area contributed by atoms with E-state index in [1.165, 1.54) is 10.8 Å². The van der Waals surface area contributed by atoms with Gasteiger partial charge in [-0.1, -0.05) is 72.3 Å². The number of alkyl carbamates (subject to hydrolysis) is 1. The third kappa shape index (κ3) is 5.40. The van der Waals surface area contributed by atoms with Gasteiger partial charge in [0.1, 0.15) is 18.2 Å². The lowest BCUT2D eigenvalue weighted by Crippen LogP contribution is -2.42. The van der Waals surface area contributed by atoms with Crippen molar-refractivity contribution in [2.24, 2.45) is 0 Å². The molecule has 2 N–H and O–H groups in total. The average molecular weight is 561 g/mol. The number of rotatable bonds is 6.